The van der Waals surface area contributed by atoms with Gasteiger partial charge in [0.05, 0.1) is 11.1 Å². The summed E-state index contributed by atoms with van der Waals surface area (Å²) in [5, 5.41) is 5.18. The second-order valence-corrected chi connectivity index (χ2v) is 6.28. The van der Waals surface area contributed by atoms with E-state index in [0.717, 1.165) is 24.3 Å². The Morgan fingerprint density at radius 1 is 1.14 bits per heavy atom. The molecule has 9 heteroatoms. The Morgan fingerprint density at radius 2 is 1.86 bits per heavy atom. The van der Waals surface area contributed by atoms with Gasteiger partial charge in [-0.05, 0) is 48.9 Å². The highest BCUT2D eigenvalue weighted by atomic mass is 19.4. The third kappa shape index (κ3) is 4.79. The van der Waals surface area contributed by atoms with E-state index >= 15 is 0 Å². The third-order valence-corrected chi connectivity index (χ3v) is 4.17. The summed E-state index contributed by atoms with van der Waals surface area (Å²) in [6.07, 6.45) is -4.14. The molecule has 28 heavy (non-hydrogen) atoms. The van der Waals surface area contributed by atoms with Crippen LogP contribution in [0.25, 0.3) is 0 Å². The van der Waals surface area contributed by atoms with E-state index < -0.39 is 29.5 Å². The van der Waals surface area contributed by atoms with Gasteiger partial charge in [-0.15, -0.1) is 0 Å². The fraction of sp³-hybridized carbons (Fsp3) is 0.263. The summed E-state index contributed by atoms with van der Waals surface area (Å²) in [4.78, 5) is 24.1. The van der Waals surface area contributed by atoms with Gasteiger partial charge in [-0.3, -0.25) is 9.59 Å². The molecule has 2 aromatic rings. The average Bonchev–Trinajstić information content (AvgIpc) is 2.63. The maximum atomic E-state index is 13.1. The van der Waals surface area contributed by atoms with Crippen LogP contribution in [-0.4, -0.2) is 24.4 Å². The lowest BCUT2D eigenvalue weighted by molar-refractivity contribution is -0.137. The topological polar surface area (TPSA) is 67.4 Å². The van der Waals surface area contributed by atoms with Crippen LogP contribution in [-0.2, 0) is 11.0 Å². The number of rotatable bonds is 4. The molecule has 0 aromatic heterocycles. The first-order valence-corrected chi connectivity index (χ1v) is 8.44. The van der Waals surface area contributed by atoms with Gasteiger partial charge in [-0.1, -0.05) is 0 Å². The van der Waals surface area contributed by atoms with Crippen LogP contribution >= 0.6 is 0 Å². The third-order valence-electron chi connectivity index (χ3n) is 4.17. The Kier molecular flexibility index (Phi) is 5.53. The lowest BCUT2D eigenvalue weighted by atomic mass is 10.0. The molecule has 0 spiro atoms. The molecule has 5 nitrogen and oxygen atoms in total. The molecular weight excluding hydrogens is 380 g/mol. The zero-order chi connectivity index (χ0) is 20.3. The van der Waals surface area contributed by atoms with Crippen LogP contribution < -0.4 is 15.4 Å². The number of carbonyl (C=O) groups is 2. The molecule has 1 aliphatic heterocycles. The number of halogens is 4. The maximum absolute atomic E-state index is 13.1. The number of piperidine rings is 1. The second kappa shape index (κ2) is 7.87. The number of carbonyl (C=O) groups excluding carboxylic acids is 2. The molecule has 3 rings (SSSR count). The van der Waals surface area contributed by atoms with Gasteiger partial charge < -0.3 is 15.4 Å². The minimum atomic E-state index is -4.64. The van der Waals surface area contributed by atoms with E-state index in [4.69, 9.17) is 4.74 Å². The molecule has 2 aromatic carbocycles. The van der Waals surface area contributed by atoms with E-state index in [1.807, 2.05) is 0 Å². The van der Waals surface area contributed by atoms with Crippen molar-refractivity contribution in [3.8, 4) is 11.5 Å². The van der Waals surface area contributed by atoms with Crippen LogP contribution in [0.2, 0.25) is 0 Å². The van der Waals surface area contributed by atoms with Crippen molar-refractivity contribution in [2.75, 3.05) is 6.54 Å². The molecule has 0 radical (unpaired) electrons. The molecule has 1 aliphatic rings. The molecule has 148 valence electrons. The molecule has 1 heterocycles. The number of benzene rings is 2. The van der Waals surface area contributed by atoms with Crippen LogP contribution in [0.15, 0.2) is 42.5 Å². The molecule has 1 saturated heterocycles. The molecule has 1 fully saturated rings. The van der Waals surface area contributed by atoms with Crippen LogP contribution in [0.4, 0.5) is 17.6 Å². The number of ether oxygens (including phenoxy) is 1. The Balaban J connectivity index is 1.89. The summed E-state index contributed by atoms with van der Waals surface area (Å²) >= 11 is 0. The van der Waals surface area contributed by atoms with Crippen LogP contribution in [0.3, 0.4) is 0 Å². The van der Waals surface area contributed by atoms with E-state index in [0.29, 0.717) is 19.0 Å². The number of amides is 2. The molecule has 2 amide bonds. The summed E-state index contributed by atoms with van der Waals surface area (Å²) in [5.74, 6) is -1.50. The van der Waals surface area contributed by atoms with Crippen molar-refractivity contribution < 1.29 is 31.9 Å². The molecule has 1 unspecified atom stereocenters. The van der Waals surface area contributed by atoms with Crippen molar-refractivity contribution in [1.82, 2.24) is 10.6 Å². The minimum Gasteiger partial charge on any atom is -0.457 e. The number of alkyl halides is 3. The van der Waals surface area contributed by atoms with Gasteiger partial charge in [0.1, 0.15) is 17.3 Å². The SMILES string of the molecule is O=C1CC(NC(=O)c2cc(C(F)(F)F)ccc2Oc2ccc(F)cc2)CCN1. The number of nitrogens with one attached hydrogen (secondary N) is 2. The smallest absolute Gasteiger partial charge is 0.416 e. The maximum Gasteiger partial charge on any atom is 0.416 e. The van der Waals surface area contributed by atoms with Gasteiger partial charge in [0, 0.05) is 19.0 Å². The number of hydrogen-bond acceptors (Lipinski definition) is 3. The summed E-state index contributed by atoms with van der Waals surface area (Å²) in [6, 6.07) is 6.87. The summed E-state index contributed by atoms with van der Waals surface area (Å²) in [7, 11) is 0. The molecule has 0 aliphatic carbocycles. The van der Waals surface area contributed by atoms with Gasteiger partial charge in [-0.25, -0.2) is 4.39 Å². The van der Waals surface area contributed by atoms with Crippen molar-refractivity contribution in [3.63, 3.8) is 0 Å². The fourth-order valence-electron chi connectivity index (χ4n) is 2.77. The second-order valence-electron chi connectivity index (χ2n) is 6.28. The number of hydrogen-bond donors (Lipinski definition) is 2. The largest absolute Gasteiger partial charge is 0.457 e. The fourth-order valence-corrected chi connectivity index (χ4v) is 2.77. The lowest BCUT2D eigenvalue weighted by Gasteiger charge is -2.23. The Hall–Kier alpha value is -3.10. The monoisotopic (exact) mass is 396 g/mol. The van der Waals surface area contributed by atoms with Crippen LogP contribution in [0.5, 0.6) is 11.5 Å². The normalized spacial score (nSPS) is 17.0. The molecule has 0 saturated carbocycles. The van der Waals surface area contributed by atoms with E-state index in [1.54, 1.807) is 0 Å². The van der Waals surface area contributed by atoms with Crippen LogP contribution in [0.1, 0.15) is 28.8 Å². The van der Waals surface area contributed by atoms with Crippen molar-refractivity contribution in [3.05, 3.63) is 59.4 Å². The van der Waals surface area contributed by atoms with Gasteiger partial charge in [0.2, 0.25) is 5.91 Å². The van der Waals surface area contributed by atoms with Crippen molar-refractivity contribution in [2.24, 2.45) is 0 Å². The zero-order valence-electron chi connectivity index (χ0n) is 14.5. The predicted octanol–water partition coefficient (Wildman–Crippen LogP) is 3.65. The van der Waals surface area contributed by atoms with Gasteiger partial charge in [-0.2, -0.15) is 13.2 Å². The lowest BCUT2D eigenvalue weighted by Crippen LogP contribution is -2.45. The summed E-state index contributed by atoms with van der Waals surface area (Å²) in [5.41, 5.74) is -1.34. The molecule has 2 N–H and O–H groups in total. The highest BCUT2D eigenvalue weighted by Crippen LogP contribution is 2.34. The predicted molar refractivity (Wildman–Crippen MR) is 91.4 cm³/mol. The van der Waals surface area contributed by atoms with Gasteiger partial charge >= 0.3 is 6.18 Å². The van der Waals surface area contributed by atoms with E-state index in [9.17, 15) is 27.2 Å². The van der Waals surface area contributed by atoms with Gasteiger partial charge in [0.15, 0.2) is 0 Å². The Bertz CT molecular complexity index is 882. The minimum absolute atomic E-state index is 0.0405. The average molecular weight is 396 g/mol. The Labute approximate surface area is 157 Å². The van der Waals surface area contributed by atoms with Crippen molar-refractivity contribution in [2.45, 2.75) is 25.1 Å². The van der Waals surface area contributed by atoms with E-state index in [-0.39, 0.29) is 29.4 Å². The quantitative estimate of drug-likeness (QED) is 0.776. The first kappa shape index (κ1) is 19.7. The summed E-state index contributed by atoms with van der Waals surface area (Å²) < 4.78 is 57.8. The molecule has 1 atom stereocenters. The highest BCUT2D eigenvalue weighted by molar-refractivity contribution is 5.97. The van der Waals surface area contributed by atoms with E-state index in [2.05, 4.69) is 10.6 Å². The highest BCUT2D eigenvalue weighted by Gasteiger charge is 2.32. The van der Waals surface area contributed by atoms with Crippen molar-refractivity contribution >= 4 is 11.8 Å². The first-order valence-electron chi connectivity index (χ1n) is 8.44. The first-order chi connectivity index (χ1) is 13.2. The van der Waals surface area contributed by atoms with Crippen LogP contribution in [0, 0.1) is 5.82 Å². The summed E-state index contributed by atoms with van der Waals surface area (Å²) in [6.45, 7) is 0.366. The Morgan fingerprint density at radius 3 is 2.50 bits per heavy atom. The standard InChI is InChI=1S/C19H16F4N2O3/c20-12-2-4-14(5-3-12)28-16-6-1-11(19(21,22)23)9-15(16)18(27)25-13-7-8-24-17(26)10-13/h1-6,9,13H,7-8,10H2,(H,24,26)(H,25,27). The van der Waals surface area contributed by atoms with Gasteiger partial charge in [0.25, 0.3) is 5.91 Å². The van der Waals surface area contributed by atoms with E-state index in [1.165, 1.54) is 12.1 Å². The molecule has 0 bridgehead atoms. The zero-order valence-corrected chi connectivity index (χ0v) is 14.5. The molecular formula is C19H16F4N2O3. The van der Waals surface area contributed by atoms with Crippen molar-refractivity contribution in [1.29, 1.82) is 0 Å².